The van der Waals surface area contributed by atoms with Crippen molar-refractivity contribution in [3.05, 3.63) is 41.2 Å². The quantitative estimate of drug-likeness (QED) is 0.831. The van der Waals surface area contributed by atoms with Crippen molar-refractivity contribution in [1.82, 2.24) is 9.97 Å². The second-order valence-corrected chi connectivity index (χ2v) is 4.64. The summed E-state index contributed by atoms with van der Waals surface area (Å²) >= 11 is 0. The van der Waals surface area contributed by atoms with Crippen LogP contribution in [-0.4, -0.2) is 16.5 Å². The third-order valence-electron chi connectivity index (χ3n) is 3.41. The molecule has 0 amide bonds. The van der Waals surface area contributed by atoms with E-state index in [1.54, 1.807) is 0 Å². The average Bonchev–Trinajstić information content (AvgIpc) is 2.77. The summed E-state index contributed by atoms with van der Waals surface area (Å²) in [7, 11) is 0. The third-order valence-corrected chi connectivity index (χ3v) is 3.41. The zero-order valence-electron chi connectivity index (χ0n) is 10.6. The number of aryl methyl sites for hydroxylation is 1. The van der Waals surface area contributed by atoms with Gasteiger partial charge in [-0.2, -0.15) is 0 Å². The largest absolute Gasteiger partial charge is 0.383 e. The molecule has 0 saturated carbocycles. The topological polar surface area (TPSA) is 55.0 Å². The molecule has 0 atom stereocenters. The fourth-order valence-corrected chi connectivity index (χ4v) is 2.46. The molecule has 3 rings (SSSR count). The number of para-hydroxylation sites is 1. The molecule has 4 nitrogen and oxygen atoms in total. The zero-order valence-corrected chi connectivity index (χ0v) is 10.6. The Hall–Kier alpha value is -2.10. The van der Waals surface area contributed by atoms with Gasteiger partial charge in [-0.15, -0.1) is 0 Å². The minimum atomic E-state index is 0.571. The molecule has 1 aromatic heterocycles. The molecule has 1 aliphatic rings. The maximum Gasteiger partial charge on any atom is 0.141 e. The van der Waals surface area contributed by atoms with Crippen LogP contribution in [0.25, 0.3) is 0 Å². The van der Waals surface area contributed by atoms with Crippen LogP contribution in [0.4, 0.5) is 17.3 Å². The Kier molecular flexibility index (Phi) is 2.44. The van der Waals surface area contributed by atoms with E-state index in [2.05, 4.69) is 39.1 Å². The van der Waals surface area contributed by atoms with Crippen LogP contribution in [0, 0.1) is 13.8 Å². The van der Waals surface area contributed by atoms with Gasteiger partial charge in [0.05, 0.1) is 0 Å². The van der Waals surface area contributed by atoms with Crippen molar-refractivity contribution in [3.8, 4) is 0 Å². The number of aromatic nitrogens is 2. The first-order chi connectivity index (χ1) is 8.66. The van der Waals surface area contributed by atoms with Gasteiger partial charge in [0.2, 0.25) is 0 Å². The summed E-state index contributed by atoms with van der Waals surface area (Å²) in [5, 5.41) is 0. The lowest BCUT2D eigenvalue weighted by Crippen LogP contribution is -2.18. The van der Waals surface area contributed by atoms with Gasteiger partial charge in [-0.3, -0.25) is 0 Å². The lowest BCUT2D eigenvalue weighted by Gasteiger charge is -2.21. The molecule has 1 aromatic carbocycles. The van der Waals surface area contributed by atoms with E-state index in [0.29, 0.717) is 5.82 Å². The molecular weight excluding hydrogens is 224 g/mol. The van der Waals surface area contributed by atoms with Crippen molar-refractivity contribution in [3.63, 3.8) is 0 Å². The van der Waals surface area contributed by atoms with E-state index in [-0.39, 0.29) is 0 Å². The SMILES string of the molecule is Cc1nc(N)c(C)c(N2CCc3ccccc32)n1. The Balaban J connectivity index is 2.13. The van der Waals surface area contributed by atoms with E-state index < -0.39 is 0 Å². The lowest BCUT2D eigenvalue weighted by atomic mass is 10.2. The Morgan fingerprint density at radius 1 is 1.17 bits per heavy atom. The van der Waals surface area contributed by atoms with Crippen LogP contribution >= 0.6 is 0 Å². The maximum absolute atomic E-state index is 5.93. The number of anilines is 3. The smallest absolute Gasteiger partial charge is 0.141 e. The first-order valence-electron chi connectivity index (χ1n) is 6.13. The summed E-state index contributed by atoms with van der Waals surface area (Å²) in [5.74, 6) is 2.23. The molecule has 0 unspecified atom stereocenters. The molecule has 0 aliphatic carbocycles. The van der Waals surface area contributed by atoms with Gasteiger partial charge in [0.25, 0.3) is 0 Å². The highest BCUT2D eigenvalue weighted by Crippen LogP contribution is 2.35. The van der Waals surface area contributed by atoms with E-state index in [0.717, 1.165) is 30.2 Å². The molecule has 2 N–H and O–H groups in total. The summed E-state index contributed by atoms with van der Waals surface area (Å²) in [4.78, 5) is 11.0. The first-order valence-corrected chi connectivity index (χ1v) is 6.13. The second kappa shape index (κ2) is 3.98. The highest BCUT2D eigenvalue weighted by molar-refractivity contribution is 5.71. The van der Waals surface area contributed by atoms with Crippen LogP contribution in [0.15, 0.2) is 24.3 Å². The Bertz CT molecular complexity index is 607. The van der Waals surface area contributed by atoms with Gasteiger partial charge in [0.1, 0.15) is 17.5 Å². The van der Waals surface area contributed by atoms with Crippen LogP contribution in [-0.2, 0) is 6.42 Å². The van der Waals surface area contributed by atoms with E-state index in [4.69, 9.17) is 5.73 Å². The van der Waals surface area contributed by atoms with Crippen LogP contribution < -0.4 is 10.6 Å². The summed E-state index contributed by atoms with van der Waals surface area (Å²) in [6.07, 6.45) is 1.05. The summed E-state index contributed by atoms with van der Waals surface area (Å²) in [6.45, 7) is 4.81. The predicted molar refractivity (Wildman–Crippen MR) is 73.1 cm³/mol. The molecule has 2 heterocycles. The molecule has 2 aromatic rings. The van der Waals surface area contributed by atoms with E-state index in [1.807, 2.05) is 13.8 Å². The van der Waals surface area contributed by atoms with Crippen molar-refractivity contribution >= 4 is 17.3 Å². The van der Waals surface area contributed by atoms with Crippen LogP contribution in [0.5, 0.6) is 0 Å². The van der Waals surface area contributed by atoms with Gasteiger partial charge in [-0.05, 0) is 31.9 Å². The van der Waals surface area contributed by atoms with Gasteiger partial charge in [0.15, 0.2) is 0 Å². The molecule has 0 radical (unpaired) electrons. The van der Waals surface area contributed by atoms with E-state index >= 15 is 0 Å². The van der Waals surface area contributed by atoms with Crippen molar-refractivity contribution in [2.75, 3.05) is 17.2 Å². The number of nitrogens with zero attached hydrogens (tertiary/aromatic N) is 3. The molecule has 92 valence electrons. The van der Waals surface area contributed by atoms with Gasteiger partial charge in [-0.1, -0.05) is 18.2 Å². The molecule has 18 heavy (non-hydrogen) atoms. The molecule has 0 spiro atoms. The van der Waals surface area contributed by atoms with Crippen molar-refractivity contribution in [2.45, 2.75) is 20.3 Å². The van der Waals surface area contributed by atoms with Crippen LogP contribution in [0.3, 0.4) is 0 Å². The lowest BCUT2D eigenvalue weighted by molar-refractivity contribution is 0.936. The summed E-state index contributed by atoms with van der Waals surface area (Å²) in [6, 6.07) is 8.44. The summed E-state index contributed by atoms with van der Waals surface area (Å²) in [5.41, 5.74) is 9.49. The fraction of sp³-hybridized carbons (Fsp3) is 0.286. The number of fused-ring (bicyclic) bond motifs is 1. The first kappa shape index (κ1) is 11.0. The minimum Gasteiger partial charge on any atom is -0.383 e. The number of nitrogens with two attached hydrogens (primary N) is 1. The van der Waals surface area contributed by atoms with Crippen molar-refractivity contribution in [2.24, 2.45) is 0 Å². The zero-order chi connectivity index (χ0) is 12.7. The Morgan fingerprint density at radius 3 is 2.78 bits per heavy atom. The van der Waals surface area contributed by atoms with E-state index in [1.165, 1.54) is 11.3 Å². The second-order valence-electron chi connectivity index (χ2n) is 4.64. The molecule has 0 fully saturated rings. The van der Waals surface area contributed by atoms with Gasteiger partial charge in [-0.25, -0.2) is 9.97 Å². The third kappa shape index (κ3) is 1.61. The Morgan fingerprint density at radius 2 is 1.94 bits per heavy atom. The van der Waals surface area contributed by atoms with Crippen molar-refractivity contribution in [1.29, 1.82) is 0 Å². The average molecular weight is 240 g/mol. The van der Waals surface area contributed by atoms with Crippen molar-refractivity contribution < 1.29 is 0 Å². The molecule has 1 aliphatic heterocycles. The highest BCUT2D eigenvalue weighted by Gasteiger charge is 2.23. The van der Waals surface area contributed by atoms with Gasteiger partial charge < -0.3 is 10.6 Å². The number of hydrogen-bond donors (Lipinski definition) is 1. The monoisotopic (exact) mass is 240 g/mol. The van der Waals surface area contributed by atoms with Crippen LogP contribution in [0.2, 0.25) is 0 Å². The van der Waals surface area contributed by atoms with Gasteiger partial charge in [0, 0.05) is 17.8 Å². The molecule has 0 bridgehead atoms. The molecule has 0 saturated heterocycles. The number of nitrogen functional groups attached to an aromatic ring is 1. The normalized spacial score (nSPS) is 13.8. The van der Waals surface area contributed by atoms with Crippen LogP contribution in [0.1, 0.15) is 17.0 Å². The summed E-state index contributed by atoms with van der Waals surface area (Å²) < 4.78 is 0. The highest BCUT2D eigenvalue weighted by atomic mass is 15.2. The molecular formula is C14H16N4. The van der Waals surface area contributed by atoms with E-state index in [9.17, 15) is 0 Å². The van der Waals surface area contributed by atoms with Gasteiger partial charge >= 0.3 is 0 Å². The maximum atomic E-state index is 5.93. The standard InChI is InChI=1S/C14H16N4/c1-9-13(15)16-10(2)17-14(9)18-8-7-11-5-3-4-6-12(11)18/h3-6H,7-8H2,1-2H3,(H2,15,16,17). The number of hydrogen-bond acceptors (Lipinski definition) is 4. The minimum absolute atomic E-state index is 0.571. The number of rotatable bonds is 1. The fourth-order valence-electron chi connectivity index (χ4n) is 2.46. The number of benzene rings is 1. The molecule has 4 heteroatoms. The predicted octanol–water partition coefficient (Wildman–Crippen LogP) is 2.37. The Labute approximate surface area is 106 Å².